The van der Waals surface area contributed by atoms with Crippen molar-refractivity contribution in [3.63, 3.8) is 0 Å². The summed E-state index contributed by atoms with van der Waals surface area (Å²) in [4.78, 5) is 27.8. The number of carbonyl (C=O) groups excluding carboxylic acids is 2. The number of hydrogen-bond donors (Lipinski definition) is 3. The van der Waals surface area contributed by atoms with E-state index < -0.39 is 6.29 Å². The van der Waals surface area contributed by atoms with Gasteiger partial charge >= 0.3 is 0 Å². The van der Waals surface area contributed by atoms with Crippen LogP contribution in [0.4, 0.5) is 0 Å². The summed E-state index contributed by atoms with van der Waals surface area (Å²) < 4.78 is 15.3. The highest BCUT2D eigenvalue weighted by molar-refractivity contribution is 7.99. The Bertz CT molecular complexity index is 1620. The minimum Gasteiger partial charge on any atom is -0.392 e. The number of aryl methyl sites for hydroxylation is 1. The largest absolute Gasteiger partial charge is 0.392 e. The van der Waals surface area contributed by atoms with Crippen molar-refractivity contribution in [2.24, 2.45) is 13.0 Å². The highest BCUT2D eigenvalue weighted by Gasteiger charge is 2.38. The van der Waals surface area contributed by atoms with Crippen molar-refractivity contribution < 1.29 is 24.2 Å². The van der Waals surface area contributed by atoms with Gasteiger partial charge in [-0.05, 0) is 46.7 Å². The molecule has 3 aromatic carbocycles. The van der Waals surface area contributed by atoms with E-state index >= 15 is 0 Å². The fraction of sp³-hybridized carbons (Fsp3) is 0.395. The molecule has 1 saturated heterocycles. The summed E-state index contributed by atoms with van der Waals surface area (Å²) in [5, 5.41) is 16.3. The molecule has 1 aromatic heterocycles. The maximum atomic E-state index is 12.4. The maximum Gasteiger partial charge on any atom is 0.220 e. The SMILES string of the molecule is CC(=O)NCCCCCC(=O)NCc1cccc(-c2ccc([C@@H]3O[C@H](CSc4nccn4C)[C@H](C)[C@H](c4ccc(CO)cc4)O3)cc2)c1. The first-order valence-electron chi connectivity index (χ1n) is 16.6. The second-order valence-electron chi connectivity index (χ2n) is 12.3. The van der Waals surface area contributed by atoms with Gasteiger partial charge in [0.1, 0.15) is 0 Å². The standard InChI is InChI=1S/C38H46N4O5S/c1-26-34(25-48-38-40-20-21-42(38)3)46-37(47-36(26)31-13-11-28(24-43)12-14-31)32-17-15-30(16-18-32)33-9-7-8-29(22-33)23-41-35(45)10-5-4-6-19-39-27(2)44/h7-9,11-18,20-22,26,34,36-37,43H,4-6,10,19,23-25H2,1-3H3,(H,39,44)(H,41,45)/t26-,34+,36+,37+/m0/s1. The molecule has 0 bridgehead atoms. The molecule has 10 heteroatoms. The summed E-state index contributed by atoms with van der Waals surface area (Å²) in [6.07, 6.45) is 5.99. The molecule has 9 nitrogen and oxygen atoms in total. The van der Waals surface area contributed by atoms with Gasteiger partial charge < -0.3 is 29.8 Å². The molecule has 0 unspecified atom stereocenters. The molecule has 1 fully saturated rings. The van der Waals surface area contributed by atoms with Crippen molar-refractivity contribution >= 4 is 23.6 Å². The van der Waals surface area contributed by atoms with Gasteiger partial charge in [0.2, 0.25) is 11.8 Å². The van der Waals surface area contributed by atoms with Crippen LogP contribution in [-0.2, 0) is 39.3 Å². The van der Waals surface area contributed by atoms with Crippen LogP contribution in [0.15, 0.2) is 90.3 Å². The van der Waals surface area contributed by atoms with Crippen molar-refractivity contribution in [3.8, 4) is 11.1 Å². The number of aliphatic hydroxyl groups is 1. The lowest BCUT2D eigenvalue weighted by atomic mass is 9.91. The van der Waals surface area contributed by atoms with Crippen molar-refractivity contribution in [1.82, 2.24) is 20.2 Å². The van der Waals surface area contributed by atoms with Crippen molar-refractivity contribution in [2.45, 2.75) is 76.3 Å². The number of unbranched alkanes of at least 4 members (excludes halogenated alkanes) is 2. The Morgan fingerprint density at radius 2 is 1.69 bits per heavy atom. The van der Waals surface area contributed by atoms with E-state index in [2.05, 4.69) is 58.9 Å². The summed E-state index contributed by atoms with van der Waals surface area (Å²) in [5.74, 6) is 0.832. The van der Waals surface area contributed by atoms with E-state index in [1.807, 2.05) is 54.2 Å². The van der Waals surface area contributed by atoms with Gasteiger partial charge in [-0.3, -0.25) is 9.59 Å². The van der Waals surface area contributed by atoms with Crippen LogP contribution in [0.5, 0.6) is 0 Å². The van der Waals surface area contributed by atoms with Crippen LogP contribution in [0.3, 0.4) is 0 Å². The molecule has 0 radical (unpaired) electrons. The second kappa shape index (κ2) is 17.4. The van der Waals surface area contributed by atoms with E-state index in [1.165, 1.54) is 6.92 Å². The highest BCUT2D eigenvalue weighted by atomic mass is 32.2. The Hall–Kier alpha value is -3.96. The normalized spacial score (nSPS) is 19.2. The molecule has 2 amide bonds. The van der Waals surface area contributed by atoms with Crippen molar-refractivity contribution in [2.75, 3.05) is 12.3 Å². The summed E-state index contributed by atoms with van der Waals surface area (Å²) in [7, 11) is 1.99. The molecule has 1 aliphatic rings. The van der Waals surface area contributed by atoms with Crippen LogP contribution in [-0.4, -0.2) is 44.9 Å². The fourth-order valence-electron chi connectivity index (χ4n) is 5.79. The molecule has 5 rings (SSSR count). The fourth-order valence-corrected chi connectivity index (χ4v) is 6.89. The number of ether oxygens (including phenoxy) is 2. The van der Waals surface area contributed by atoms with Crippen LogP contribution < -0.4 is 10.6 Å². The van der Waals surface area contributed by atoms with E-state index in [-0.39, 0.29) is 36.5 Å². The summed E-state index contributed by atoms with van der Waals surface area (Å²) in [5.41, 5.74) is 6.03. The third kappa shape index (κ3) is 9.79. The molecule has 0 spiro atoms. The monoisotopic (exact) mass is 670 g/mol. The van der Waals surface area contributed by atoms with E-state index in [4.69, 9.17) is 9.47 Å². The minimum absolute atomic E-state index is 0.00293. The number of amides is 2. The van der Waals surface area contributed by atoms with Gasteiger partial charge in [0.05, 0.1) is 18.8 Å². The summed E-state index contributed by atoms with van der Waals surface area (Å²) in [6.45, 7) is 4.80. The molecule has 3 N–H and O–H groups in total. The molecule has 48 heavy (non-hydrogen) atoms. The van der Waals surface area contributed by atoms with Crippen LogP contribution in [0, 0.1) is 5.92 Å². The van der Waals surface area contributed by atoms with Gasteiger partial charge in [0.15, 0.2) is 11.4 Å². The zero-order valence-electron chi connectivity index (χ0n) is 27.9. The smallest absolute Gasteiger partial charge is 0.220 e. The molecule has 254 valence electrons. The molecule has 0 saturated carbocycles. The Labute approximate surface area is 287 Å². The van der Waals surface area contributed by atoms with E-state index in [0.717, 1.165) is 63.6 Å². The number of benzene rings is 3. The Morgan fingerprint density at radius 3 is 2.40 bits per heavy atom. The van der Waals surface area contributed by atoms with Gasteiger partial charge in [-0.15, -0.1) is 0 Å². The number of thioether (sulfide) groups is 1. The average Bonchev–Trinajstić information content (AvgIpc) is 3.52. The van der Waals surface area contributed by atoms with Crippen molar-refractivity contribution in [3.05, 3.63) is 107 Å². The van der Waals surface area contributed by atoms with Gasteiger partial charge in [0, 0.05) is 63.1 Å². The molecule has 4 aromatic rings. The number of aromatic nitrogens is 2. The predicted molar refractivity (Wildman–Crippen MR) is 188 cm³/mol. The van der Waals surface area contributed by atoms with Gasteiger partial charge in [0.25, 0.3) is 0 Å². The number of aliphatic hydroxyl groups excluding tert-OH is 1. The van der Waals surface area contributed by atoms with E-state index in [0.29, 0.717) is 19.5 Å². The number of nitrogens with zero attached hydrogens (tertiary/aromatic N) is 2. The van der Waals surface area contributed by atoms with E-state index in [1.54, 1.807) is 18.0 Å². The Balaban J connectivity index is 1.22. The first-order chi connectivity index (χ1) is 23.3. The number of rotatable bonds is 15. The topological polar surface area (TPSA) is 115 Å². The van der Waals surface area contributed by atoms with Crippen LogP contribution in [0.25, 0.3) is 11.1 Å². The number of carbonyl (C=O) groups is 2. The first-order valence-corrected chi connectivity index (χ1v) is 17.6. The van der Waals surface area contributed by atoms with Gasteiger partial charge in [-0.25, -0.2) is 4.98 Å². The maximum absolute atomic E-state index is 12.4. The lowest BCUT2D eigenvalue weighted by molar-refractivity contribution is -0.268. The number of hydrogen-bond acceptors (Lipinski definition) is 7. The average molecular weight is 671 g/mol. The van der Waals surface area contributed by atoms with Crippen LogP contribution >= 0.6 is 11.8 Å². The molecule has 4 atom stereocenters. The quantitative estimate of drug-likeness (QED) is 0.0981. The molecule has 2 heterocycles. The zero-order valence-corrected chi connectivity index (χ0v) is 28.7. The number of imidazole rings is 1. The lowest BCUT2D eigenvalue weighted by Gasteiger charge is -2.41. The molecule has 0 aliphatic carbocycles. The third-order valence-electron chi connectivity index (χ3n) is 8.66. The molecule has 1 aliphatic heterocycles. The molecular weight excluding hydrogens is 625 g/mol. The highest BCUT2D eigenvalue weighted by Crippen LogP contribution is 2.43. The van der Waals surface area contributed by atoms with Crippen LogP contribution in [0.2, 0.25) is 0 Å². The first kappa shape index (κ1) is 35.3. The summed E-state index contributed by atoms with van der Waals surface area (Å²) in [6, 6.07) is 24.5. The third-order valence-corrected chi connectivity index (χ3v) is 9.81. The van der Waals surface area contributed by atoms with Crippen molar-refractivity contribution in [1.29, 1.82) is 0 Å². The zero-order chi connectivity index (χ0) is 33.9. The lowest BCUT2D eigenvalue weighted by Crippen LogP contribution is -2.38. The van der Waals surface area contributed by atoms with Gasteiger partial charge in [-0.1, -0.05) is 91.8 Å². The second-order valence-corrected chi connectivity index (χ2v) is 13.3. The predicted octanol–water partition coefficient (Wildman–Crippen LogP) is 6.48. The molecular formula is C38H46N4O5S. The van der Waals surface area contributed by atoms with Crippen LogP contribution in [0.1, 0.15) is 74.2 Å². The number of nitrogens with one attached hydrogen (secondary N) is 2. The Kier molecular flexibility index (Phi) is 12.8. The Morgan fingerprint density at radius 1 is 0.917 bits per heavy atom. The van der Waals surface area contributed by atoms with Gasteiger partial charge in [-0.2, -0.15) is 0 Å². The summed E-state index contributed by atoms with van der Waals surface area (Å²) >= 11 is 1.68. The minimum atomic E-state index is -0.545. The van der Waals surface area contributed by atoms with E-state index in [9.17, 15) is 14.7 Å².